The van der Waals surface area contributed by atoms with E-state index in [0.717, 1.165) is 12.3 Å². The first-order valence-corrected chi connectivity index (χ1v) is 6.95. The molecule has 3 N–H and O–H groups in total. The Morgan fingerprint density at radius 2 is 2.00 bits per heavy atom. The van der Waals surface area contributed by atoms with Crippen LogP contribution in [0.5, 0.6) is 0 Å². The number of anilines is 1. The fourth-order valence-electron chi connectivity index (χ4n) is 1.40. The van der Waals surface area contributed by atoms with E-state index in [2.05, 4.69) is 9.71 Å². The van der Waals surface area contributed by atoms with Gasteiger partial charge in [-0.1, -0.05) is 23.7 Å². The summed E-state index contributed by atoms with van der Waals surface area (Å²) in [6.07, 6.45) is 1.10. The zero-order chi connectivity index (χ0) is 14.0. The minimum absolute atomic E-state index is 0.176. The lowest BCUT2D eigenvalue weighted by atomic mass is 10.3. The molecule has 0 atom stereocenters. The van der Waals surface area contributed by atoms with Crippen molar-refractivity contribution in [2.24, 2.45) is 0 Å². The Morgan fingerprint density at radius 1 is 1.32 bits per heavy atom. The molecule has 0 amide bonds. The molecule has 1 aromatic carbocycles. The van der Waals surface area contributed by atoms with Crippen molar-refractivity contribution < 1.29 is 18.3 Å². The Hall–Kier alpha value is -1.99. The third kappa shape index (κ3) is 2.88. The largest absolute Gasteiger partial charge is 0.477 e. The summed E-state index contributed by atoms with van der Waals surface area (Å²) in [6, 6.07) is 7.37. The van der Waals surface area contributed by atoms with Crippen LogP contribution in [0.15, 0.2) is 41.4 Å². The molecule has 0 saturated carbocycles. The van der Waals surface area contributed by atoms with Crippen molar-refractivity contribution in [3.8, 4) is 0 Å². The minimum atomic E-state index is -3.88. The van der Waals surface area contributed by atoms with Gasteiger partial charge in [0.2, 0.25) is 0 Å². The fraction of sp³-hybridized carbons (Fsp3) is 0. The number of hydrogen-bond acceptors (Lipinski definition) is 3. The van der Waals surface area contributed by atoms with Gasteiger partial charge in [-0.25, -0.2) is 13.2 Å². The molecular formula is C11H9ClN2O4S. The van der Waals surface area contributed by atoms with Crippen LogP contribution in [0.3, 0.4) is 0 Å². The highest BCUT2D eigenvalue weighted by Gasteiger charge is 2.19. The monoisotopic (exact) mass is 300 g/mol. The molecule has 0 bridgehead atoms. The molecule has 0 aliphatic rings. The predicted molar refractivity (Wildman–Crippen MR) is 70.0 cm³/mol. The highest BCUT2D eigenvalue weighted by molar-refractivity contribution is 7.92. The van der Waals surface area contributed by atoms with Crippen molar-refractivity contribution in [2.75, 3.05) is 4.72 Å². The number of carboxylic acids is 1. The van der Waals surface area contributed by atoms with E-state index in [-0.39, 0.29) is 21.3 Å². The van der Waals surface area contributed by atoms with Crippen LogP contribution in [0, 0.1) is 0 Å². The van der Waals surface area contributed by atoms with E-state index in [1.807, 2.05) is 0 Å². The number of aromatic carboxylic acids is 1. The van der Waals surface area contributed by atoms with Crippen molar-refractivity contribution >= 4 is 33.3 Å². The van der Waals surface area contributed by atoms with Gasteiger partial charge in [-0.15, -0.1) is 0 Å². The number of halogens is 1. The standard InChI is InChI=1S/C11H9ClN2O4S/c12-8-3-1-2-4-9(8)14-19(17,18)7-5-10(11(15)16)13-6-7/h1-6,13-14H,(H,15,16). The summed E-state index contributed by atoms with van der Waals surface area (Å²) in [5.41, 5.74) is 0.0155. The average Bonchev–Trinajstić information content (AvgIpc) is 2.82. The van der Waals surface area contributed by atoms with Crippen LogP contribution >= 0.6 is 11.6 Å². The van der Waals surface area contributed by atoms with Crippen molar-refractivity contribution in [3.63, 3.8) is 0 Å². The maximum atomic E-state index is 12.0. The van der Waals surface area contributed by atoms with Gasteiger partial charge in [0, 0.05) is 6.20 Å². The number of hydrogen-bond donors (Lipinski definition) is 3. The lowest BCUT2D eigenvalue weighted by molar-refractivity contribution is 0.0691. The van der Waals surface area contributed by atoms with E-state index in [9.17, 15) is 13.2 Å². The third-order valence-electron chi connectivity index (χ3n) is 2.32. The molecule has 0 radical (unpaired) electrons. The van der Waals surface area contributed by atoms with Gasteiger partial charge in [0.05, 0.1) is 10.7 Å². The summed E-state index contributed by atoms with van der Waals surface area (Å²) < 4.78 is 26.3. The first-order chi connectivity index (χ1) is 8.90. The molecule has 0 saturated heterocycles. The average molecular weight is 301 g/mol. The molecule has 8 heteroatoms. The number of aromatic nitrogens is 1. The Morgan fingerprint density at radius 3 is 2.58 bits per heavy atom. The molecule has 2 rings (SSSR count). The molecule has 19 heavy (non-hydrogen) atoms. The van der Waals surface area contributed by atoms with Crippen LogP contribution in [0.25, 0.3) is 0 Å². The molecule has 2 aromatic rings. The normalized spacial score (nSPS) is 11.2. The van der Waals surface area contributed by atoms with Crippen LogP contribution in [0.2, 0.25) is 5.02 Å². The van der Waals surface area contributed by atoms with Crippen LogP contribution in [-0.4, -0.2) is 24.5 Å². The highest BCUT2D eigenvalue weighted by Crippen LogP contribution is 2.24. The molecule has 0 unspecified atom stereocenters. The molecule has 1 heterocycles. The number of benzene rings is 1. The van der Waals surface area contributed by atoms with Gasteiger partial charge in [0.15, 0.2) is 0 Å². The molecule has 0 aliphatic heterocycles. The lowest BCUT2D eigenvalue weighted by Gasteiger charge is -2.07. The summed E-state index contributed by atoms with van der Waals surface area (Å²) in [6.45, 7) is 0. The molecule has 0 aliphatic carbocycles. The molecule has 0 fully saturated rings. The van der Waals surface area contributed by atoms with Gasteiger partial charge < -0.3 is 10.1 Å². The molecule has 1 aromatic heterocycles. The zero-order valence-electron chi connectivity index (χ0n) is 9.42. The van der Waals surface area contributed by atoms with Crippen molar-refractivity contribution in [3.05, 3.63) is 47.2 Å². The Labute approximate surface area is 114 Å². The van der Waals surface area contributed by atoms with Crippen LogP contribution in [-0.2, 0) is 10.0 Å². The van der Waals surface area contributed by atoms with Gasteiger partial charge in [-0.3, -0.25) is 4.72 Å². The van der Waals surface area contributed by atoms with Crippen LogP contribution < -0.4 is 4.72 Å². The van der Waals surface area contributed by atoms with E-state index in [1.165, 1.54) is 6.07 Å². The SMILES string of the molecule is O=C(O)c1cc(S(=O)(=O)Nc2ccccc2Cl)c[nH]1. The number of H-pyrrole nitrogens is 1. The summed E-state index contributed by atoms with van der Waals surface area (Å²) >= 11 is 5.84. The number of aromatic amines is 1. The predicted octanol–water partition coefficient (Wildman–Crippen LogP) is 2.17. The fourth-order valence-corrected chi connectivity index (χ4v) is 2.71. The van der Waals surface area contributed by atoms with Gasteiger partial charge in [-0.05, 0) is 18.2 Å². The van der Waals surface area contributed by atoms with E-state index < -0.39 is 16.0 Å². The van der Waals surface area contributed by atoms with E-state index >= 15 is 0 Å². The first-order valence-electron chi connectivity index (χ1n) is 5.09. The number of para-hydroxylation sites is 1. The number of rotatable bonds is 4. The number of carboxylic acid groups (broad SMARTS) is 1. The Balaban J connectivity index is 2.32. The van der Waals surface area contributed by atoms with Gasteiger partial charge in [0.25, 0.3) is 10.0 Å². The molecular weight excluding hydrogens is 292 g/mol. The molecule has 0 spiro atoms. The summed E-state index contributed by atoms with van der Waals surface area (Å²) in [4.78, 5) is 12.9. The summed E-state index contributed by atoms with van der Waals surface area (Å²) in [5, 5.41) is 8.98. The Bertz CT molecular complexity index is 724. The topological polar surface area (TPSA) is 99.3 Å². The van der Waals surface area contributed by atoms with E-state index in [0.29, 0.717) is 0 Å². The number of carbonyl (C=O) groups is 1. The maximum absolute atomic E-state index is 12.0. The lowest BCUT2D eigenvalue weighted by Crippen LogP contribution is -2.12. The van der Waals surface area contributed by atoms with Crippen molar-refractivity contribution in [1.82, 2.24) is 4.98 Å². The maximum Gasteiger partial charge on any atom is 0.352 e. The number of nitrogens with one attached hydrogen (secondary N) is 2. The second-order valence-corrected chi connectivity index (χ2v) is 5.73. The quantitative estimate of drug-likeness (QED) is 0.805. The summed E-state index contributed by atoms with van der Waals surface area (Å²) in [7, 11) is -3.88. The van der Waals surface area contributed by atoms with Crippen molar-refractivity contribution in [2.45, 2.75) is 4.90 Å². The number of sulfonamides is 1. The Kier molecular flexibility index (Phi) is 3.50. The highest BCUT2D eigenvalue weighted by atomic mass is 35.5. The third-order valence-corrected chi connectivity index (χ3v) is 3.99. The van der Waals surface area contributed by atoms with E-state index in [1.54, 1.807) is 18.2 Å². The minimum Gasteiger partial charge on any atom is -0.477 e. The van der Waals surface area contributed by atoms with Gasteiger partial charge >= 0.3 is 5.97 Å². The van der Waals surface area contributed by atoms with Crippen LogP contribution in [0.1, 0.15) is 10.5 Å². The first kappa shape index (κ1) is 13.4. The molecule has 100 valence electrons. The second-order valence-electron chi connectivity index (χ2n) is 3.64. The van der Waals surface area contributed by atoms with E-state index in [4.69, 9.17) is 16.7 Å². The molecule has 6 nitrogen and oxygen atoms in total. The van der Waals surface area contributed by atoms with Gasteiger partial charge in [-0.2, -0.15) is 0 Å². The smallest absolute Gasteiger partial charge is 0.352 e. The van der Waals surface area contributed by atoms with Crippen molar-refractivity contribution in [1.29, 1.82) is 0 Å². The second kappa shape index (κ2) is 4.94. The van der Waals surface area contributed by atoms with Crippen LogP contribution in [0.4, 0.5) is 5.69 Å². The van der Waals surface area contributed by atoms with Gasteiger partial charge in [0.1, 0.15) is 10.6 Å². The summed E-state index contributed by atoms with van der Waals surface area (Å²) in [5.74, 6) is -1.24. The zero-order valence-corrected chi connectivity index (χ0v) is 11.0.